The number of benzene rings is 1. The lowest BCUT2D eigenvalue weighted by Gasteiger charge is -2.27. The molecule has 88 valence electrons. The lowest BCUT2D eigenvalue weighted by atomic mass is 10.0. The van der Waals surface area contributed by atoms with Crippen molar-refractivity contribution in [2.75, 3.05) is 25.0 Å². The van der Waals surface area contributed by atoms with E-state index in [1.807, 2.05) is 0 Å². The summed E-state index contributed by atoms with van der Waals surface area (Å²) in [7, 11) is 0. The smallest absolute Gasteiger partial charge is 0.385 e. The normalized spacial score (nSPS) is 16.9. The minimum absolute atomic E-state index is 0.523. The van der Waals surface area contributed by atoms with Gasteiger partial charge in [0.25, 0.3) is 0 Å². The SMILES string of the molecule is FC(F)(F)c1cccc(NCC2CNC2)c1. The van der Waals surface area contributed by atoms with Gasteiger partial charge >= 0.3 is 6.18 Å². The van der Waals surface area contributed by atoms with Gasteiger partial charge in [-0.1, -0.05) is 6.07 Å². The molecule has 0 spiro atoms. The van der Waals surface area contributed by atoms with E-state index in [1.54, 1.807) is 6.07 Å². The molecule has 0 radical (unpaired) electrons. The Balaban J connectivity index is 1.98. The largest absolute Gasteiger partial charge is 0.416 e. The maximum Gasteiger partial charge on any atom is 0.416 e. The van der Waals surface area contributed by atoms with Gasteiger partial charge in [0, 0.05) is 31.2 Å². The second kappa shape index (κ2) is 4.33. The van der Waals surface area contributed by atoms with Crippen LogP contribution in [-0.4, -0.2) is 19.6 Å². The monoisotopic (exact) mass is 230 g/mol. The molecule has 2 nitrogen and oxygen atoms in total. The average molecular weight is 230 g/mol. The summed E-state index contributed by atoms with van der Waals surface area (Å²) < 4.78 is 37.2. The first-order valence-corrected chi connectivity index (χ1v) is 5.17. The van der Waals surface area contributed by atoms with Gasteiger partial charge in [0.15, 0.2) is 0 Å². The van der Waals surface area contributed by atoms with Crippen molar-refractivity contribution in [2.24, 2.45) is 5.92 Å². The van der Waals surface area contributed by atoms with E-state index in [2.05, 4.69) is 10.6 Å². The fourth-order valence-corrected chi connectivity index (χ4v) is 1.56. The molecule has 0 aromatic heterocycles. The Hall–Kier alpha value is -1.23. The number of hydrogen-bond donors (Lipinski definition) is 2. The Morgan fingerprint density at radius 1 is 1.31 bits per heavy atom. The number of hydrogen-bond acceptors (Lipinski definition) is 2. The third-order valence-corrected chi connectivity index (χ3v) is 2.65. The maximum atomic E-state index is 12.4. The fourth-order valence-electron chi connectivity index (χ4n) is 1.56. The van der Waals surface area contributed by atoms with Gasteiger partial charge in [-0.05, 0) is 18.2 Å². The number of alkyl halides is 3. The van der Waals surface area contributed by atoms with Crippen LogP contribution < -0.4 is 10.6 Å². The molecule has 5 heteroatoms. The van der Waals surface area contributed by atoms with Crippen molar-refractivity contribution in [3.63, 3.8) is 0 Å². The Morgan fingerprint density at radius 3 is 2.62 bits per heavy atom. The van der Waals surface area contributed by atoms with Crippen LogP contribution >= 0.6 is 0 Å². The maximum absolute atomic E-state index is 12.4. The van der Waals surface area contributed by atoms with Crippen molar-refractivity contribution < 1.29 is 13.2 Å². The lowest BCUT2D eigenvalue weighted by Crippen LogP contribution is -2.45. The Labute approximate surface area is 91.8 Å². The zero-order valence-corrected chi connectivity index (χ0v) is 8.64. The Kier molecular flexibility index (Phi) is 3.05. The molecule has 16 heavy (non-hydrogen) atoms. The molecule has 1 aromatic rings. The van der Waals surface area contributed by atoms with E-state index in [-0.39, 0.29) is 0 Å². The molecule has 0 aliphatic carbocycles. The van der Waals surface area contributed by atoms with Crippen molar-refractivity contribution >= 4 is 5.69 Å². The quantitative estimate of drug-likeness (QED) is 0.832. The first-order chi connectivity index (χ1) is 7.55. The molecule has 2 rings (SSSR count). The van der Waals surface area contributed by atoms with Gasteiger partial charge in [0.2, 0.25) is 0 Å². The number of anilines is 1. The molecule has 1 fully saturated rings. The van der Waals surface area contributed by atoms with E-state index in [9.17, 15) is 13.2 Å². The van der Waals surface area contributed by atoms with E-state index in [0.717, 1.165) is 25.2 Å². The van der Waals surface area contributed by atoms with E-state index in [0.29, 0.717) is 18.2 Å². The zero-order valence-electron chi connectivity index (χ0n) is 8.64. The highest BCUT2D eigenvalue weighted by Crippen LogP contribution is 2.30. The molecule has 1 aliphatic rings. The summed E-state index contributed by atoms with van der Waals surface area (Å²) in [6.45, 7) is 2.59. The third kappa shape index (κ3) is 2.66. The van der Waals surface area contributed by atoms with Crippen LogP contribution in [0.15, 0.2) is 24.3 Å². The van der Waals surface area contributed by atoms with E-state index in [1.165, 1.54) is 6.07 Å². The van der Waals surface area contributed by atoms with Crippen LogP contribution in [0.3, 0.4) is 0 Å². The van der Waals surface area contributed by atoms with Gasteiger partial charge in [-0.25, -0.2) is 0 Å². The zero-order chi connectivity index (χ0) is 11.6. The van der Waals surface area contributed by atoms with Gasteiger partial charge in [-0.15, -0.1) is 0 Å². The molecule has 0 atom stereocenters. The standard InChI is InChI=1S/C11H13F3N2/c12-11(13,14)9-2-1-3-10(4-9)16-7-8-5-15-6-8/h1-4,8,15-16H,5-7H2. The molecular formula is C11H13F3N2. The predicted octanol–water partition coefficient (Wildman–Crippen LogP) is 2.34. The van der Waals surface area contributed by atoms with Crippen molar-refractivity contribution in [1.29, 1.82) is 0 Å². The molecule has 1 aromatic carbocycles. The highest BCUT2D eigenvalue weighted by molar-refractivity contribution is 5.46. The van der Waals surface area contributed by atoms with Gasteiger partial charge in [-0.3, -0.25) is 0 Å². The van der Waals surface area contributed by atoms with E-state index in [4.69, 9.17) is 0 Å². The van der Waals surface area contributed by atoms with Crippen LogP contribution in [0.2, 0.25) is 0 Å². The van der Waals surface area contributed by atoms with Gasteiger partial charge in [-0.2, -0.15) is 13.2 Å². The van der Waals surface area contributed by atoms with E-state index >= 15 is 0 Å². The van der Waals surface area contributed by atoms with Crippen LogP contribution in [0.4, 0.5) is 18.9 Å². The Morgan fingerprint density at radius 2 is 2.06 bits per heavy atom. The molecule has 1 aliphatic heterocycles. The minimum Gasteiger partial charge on any atom is -0.385 e. The molecule has 0 saturated carbocycles. The third-order valence-electron chi connectivity index (χ3n) is 2.65. The van der Waals surface area contributed by atoms with Gasteiger partial charge in [0.1, 0.15) is 0 Å². The van der Waals surface area contributed by atoms with Crippen LogP contribution in [0, 0.1) is 5.92 Å². The van der Waals surface area contributed by atoms with Crippen molar-refractivity contribution in [3.05, 3.63) is 29.8 Å². The second-order valence-corrected chi connectivity index (χ2v) is 3.98. The first-order valence-electron chi connectivity index (χ1n) is 5.17. The molecule has 0 amide bonds. The van der Waals surface area contributed by atoms with Crippen molar-refractivity contribution in [1.82, 2.24) is 5.32 Å². The number of halogens is 3. The molecule has 1 heterocycles. The van der Waals surface area contributed by atoms with Gasteiger partial charge in [0.05, 0.1) is 5.56 Å². The summed E-state index contributed by atoms with van der Waals surface area (Å²) in [5, 5.41) is 6.13. The summed E-state index contributed by atoms with van der Waals surface area (Å²) in [5.41, 5.74) is -0.0778. The molecule has 1 saturated heterocycles. The Bertz CT molecular complexity index is 358. The number of rotatable bonds is 3. The van der Waals surface area contributed by atoms with Crippen molar-refractivity contribution in [3.8, 4) is 0 Å². The topological polar surface area (TPSA) is 24.1 Å². The summed E-state index contributed by atoms with van der Waals surface area (Å²) in [6.07, 6.45) is -4.27. The summed E-state index contributed by atoms with van der Waals surface area (Å²) in [5.74, 6) is 0.523. The number of nitrogens with one attached hydrogen (secondary N) is 2. The predicted molar refractivity (Wildman–Crippen MR) is 56.3 cm³/mol. The molecule has 0 bridgehead atoms. The van der Waals surface area contributed by atoms with Crippen LogP contribution in [0.25, 0.3) is 0 Å². The highest BCUT2D eigenvalue weighted by Gasteiger charge is 2.30. The molecule has 0 unspecified atom stereocenters. The van der Waals surface area contributed by atoms with Gasteiger partial charge < -0.3 is 10.6 Å². The van der Waals surface area contributed by atoms with Crippen LogP contribution in [0.1, 0.15) is 5.56 Å². The average Bonchev–Trinajstić information content (AvgIpc) is 2.14. The first kappa shape index (κ1) is 11.3. The van der Waals surface area contributed by atoms with Crippen LogP contribution in [0.5, 0.6) is 0 Å². The van der Waals surface area contributed by atoms with Crippen LogP contribution in [-0.2, 0) is 6.18 Å². The van der Waals surface area contributed by atoms with Crippen molar-refractivity contribution in [2.45, 2.75) is 6.18 Å². The minimum atomic E-state index is -4.27. The molecular weight excluding hydrogens is 217 g/mol. The summed E-state index contributed by atoms with van der Waals surface area (Å²) >= 11 is 0. The molecule has 2 N–H and O–H groups in total. The lowest BCUT2D eigenvalue weighted by molar-refractivity contribution is -0.137. The second-order valence-electron chi connectivity index (χ2n) is 3.98. The van der Waals surface area contributed by atoms with E-state index < -0.39 is 11.7 Å². The summed E-state index contributed by atoms with van der Waals surface area (Å²) in [6, 6.07) is 5.30. The summed E-state index contributed by atoms with van der Waals surface area (Å²) in [4.78, 5) is 0. The highest BCUT2D eigenvalue weighted by atomic mass is 19.4. The fraction of sp³-hybridized carbons (Fsp3) is 0.455.